The summed E-state index contributed by atoms with van der Waals surface area (Å²) in [5.74, 6) is 0.695. The zero-order valence-electron chi connectivity index (χ0n) is 9.93. The predicted octanol–water partition coefficient (Wildman–Crippen LogP) is 1.86. The van der Waals surface area contributed by atoms with Gasteiger partial charge in [-0.3, -0.25) is 4.98 Å². The second-order valence-corrected chi connectivity index (χ2v) is 4.49. The summed E-state index contributed by atoms with van der Waals surface area (Å²) < 4.78 is 1.94. The van der Waals surface area contributed by atoms with Crippen molar-refractivity contribution in [3.63, 3.8) is 0 Å². The summed E-state index contributed by atoms with van der Waals surface area (Å²) in [5.41, 5.74) is 3.49. The molecule has 0 radical (unpaired) electrons. The van der Waals surface area contributed by atoms with Gasteiger partial charge in [0, 0.05) is 24.9 Å². The van der Waals surface area contributed by atoms with E-state index in [0.717, 1.165) is 12.2 Å². The normalized spacial score (nSPS) is 15.1. The topological polar surface area (TPSA) is 42.7 Å². The van der Waals surface area contributed by atoms with Crippen molar-refractivity contribution >= 4 is 0 Å². The standard InChI is InChI=1S/C13H16N4/c1-14-8-11-4-6-15-9-13(11)17-7-5-12(16-17)10-2-3-10/h4-7,9-10,14H,2-3,8H2,1H3. The van der Waals surface area contributed by atoms with E-state index in [-0.39, 0.29) is 0 Å². The van der Waals surface area contributed by atoms with Gasteiger partial charge in [-0.05, 0) is 37.6 Å². The molecule has 1 aliphatic carbocycles. The Morgan fingerprint density at radius 3 is 3.06 bits per heavy atom. The first-order chi connectivity index (χ1) is 8.38. The summed E-state index contributed by atoms with van der Waals surface area (Å²) in [5, 5.41) is 7.80. The predicted molar refractivity (Wildman–Crippen MR) is 66.1 cm³/mol. The first-order valence-electron chi connectivity index (χ1n) is 6.02. The fraction of sp³-hybridized carbons (Fsp3) is 0.385. The van der Waals surface area contributed by atoms with Gasteiger partial charge in [-0.25, -0.2) is 4.68 Å². The number of hydrogen-bond donors (Lipinski definition) is 1. The molecule has 0 aromatic carbocycles. The van der Waals surface area contributed by atoms with Crippen LogP contribution in [0.5, 0.6) is 0 Å². The van der Waals surface area contributed by atoms with E-state index in [4.69, 9.17) is 0 Å². The lowest BCUT2D eigenvalue weighted by Gasteiger charge is -2.07. The molecular formula is C13H16N4. The minimum atomic E-state index is 0.695. The van der Waals surface area contributed by atoms with Gasteiger partial charge >= 0.3 is 0 Å². The third-order valence-electron chi connectivity index (χ3n) is 3.11. The zero-order chi connectivity index (χ0) is 11.7. The lowest BCUT2D eigenvalue weighted by atomic mass is 10.2. The van der Waals surface area contributed by atoms with Crippen LogP contribution in [0.15, 0.2) is 30.7 Å². The maximum atomic E-state index is 4.63. The van der Waals surface area contributed by atoms with Crippen LogP contribution in [-0.2, 0) is 6.54 Å². The SMILES string of the molecule is CNCc1ccncc1-n1ccc(C2CC2)n1. The Kier molecular flexibility index (Phi) is 2.65. The van der Waals surface area contributed by atoms with Gasteiger partial charge in [0.25, 0.3) is 0 Å². The Morgan fingerprint density at radius 1 is 1.41 bits per heavy atom. The molecule has 1 fully saturated rings. The van der Waals surface area contributed by atoms with Gasteiger partial charge in [-0.15, -0.1) is 0 Å². The quantitative estimate of drug-likeness (QED) is 0.868. The second-order valence-electron chi connectivity index (χ2n) is 4.49. The molecule has 88 valence electrons. The van der Waals surface area contributed by atoms with Crippen molar-refractivity contribution in [2.24, 2.45) is 0 Å². The zero-order valence-corrected chi connectivity index (χ0v) is 9.93. The Balaban J connectivity index is 1.95. The van der Waals surface area contributed by atoms with Gasteiger partial charge in [0.15, 0.2) is 0 Å². The summed E-state index contributed by atoms with van der Waals surface area (Å²) >= 11 is 0. The molecule has 2 aromatic heterocycles. The molecule has 0 unspecified atom stereocenters. The average molecular weight is 228 g/mol. The highest BCUT2D eigenvalue weighted by Crippen LogP contribution is 2.39. The first-order valence-corrected chi connectivity index (χ1v) is 6.02. The third-order valence-corrected chi connectivity index (χ3v) is 3.11. The van der Waals surface area contributed by atoms with Crippen molar-refractivity contribution in [2.75, 3.05) is 7.05 Å². The van der Waals surface area contributed by atoms with Crippen LogP contribution in [0.25, 0.3) is 5.69 Å². The molecule has 0 amide bonds. The van der Waals surface area contributed by atoms with E-state index in [2.05, 4.69) is 21.5 Å². The average Bonchev–Trinajstić information content (AvgIpc) is 3.09. The molecule has 3 rings (SSSR count). The molecule has 2 aromatic rings. The third kappa shape index (κ3) is 2.08. The second kappa shape index (κ2) is 4.30. The van der Waals surface area contributed by atoms with Gasteiger partial charge < -0.3 is 5.32 Å². The van der Waals surface area contributed by atoms with E-state index in [0.29, 0.717) is 5.92 Å². The summed E-state index contributed by atoms with van der Waals surface area (Å²) in [7, 11) is 1.95. The lowest BCUT2D eigenvalue weighted by Crippen LogP contribution is -2.09. The van der Waals surface area contributed by atoms with Crippen molar-refractivity contribution in [3.8, 4) is 5.69 Å². The van der Waals surface area contributed by atoms with E-state index in [1.165, 1.54) is 24.1 Å². The van der Waals surface area contributed by atoms with E-state index < -0.39 is 0 Å². The van der Waals surface area contributed by atoms with Crippen molar-refractivity contribution in [2.45, 2.75) is 25.3 Å². The van der Waals surface area contributed by atoms with Crippen LogP contribution >= 0.6 is 0 Å². The summed E-state index contributed by atoms with van der Waals surface area (Å²) in [6, 6.07) is 4.15. The number of nitrogens with zero attached hydrogens (tertiary/aromatic N) is 3. The number of rotatable bonds is 4. The molecule has 0 spiro atoms. The van der Waals surface area contributed by atoms with Gasteiger partial charge in [-0.2, -0.15) is 5.10 Å². The van der Waals surface area contributed by atoms with Gasteiger partial charge in [0.1, 0.15) is 0 Å². The van der Waals surface area contributed by atoms with E-state index in [9.17, 15) is 0 Å². The number of aromatic nitrogens is 3. The van der Waals surface area contributed by atoms with E-state index in [1.54, 1.807) is 0 Å². The van der Waals surface area contributed by atoms with Crippen LogP contribution in [0.3, 0.4) is 0 Å². The minimum absolute atomic E-state index is 0.695. The minimum Gasteiger partial charge on any atom is -0.316 e. The Bertz CT molecular complexity index is 514. The number of pyridine rings is 1. The number of hydrogen-bond acceptors (Lipinski definition) is 3. The van der Waals surface area contributed by atoms with E-state index >= 15 is 0 Å². The molecule has 17 heavy (non-hydrogen) atoms. The fourth-order valence-corrected chi connectivity index (χ4v) is 2.03. The fourth-order valence-electron chi connectivity index (χ4n) is 2.03. The Hall–Kier alpha value is -1.68. The number of nitrogens with one attached hydrogen (secondary N) is 1. The molecule has 0 aliphatic heterocycles. The Morgan fingerprint density at radius 2 is 2.29 bits per heavy atom. The molecule has 1 saturated carbocycles. The van der Waals surface area contributed by atoms with Crippen LogP contribution in [0, 0.1) is 0 Å². The maximum Gasteiger partial charge on any atom is 0.0873 e. The molecule has 4 nitrogen and oxygen atoms in total. The van der Waals surface area contributed by atoms with Crippen LogP contribution in [0.2, 0.25) is 0 Å². The van der Waals surface area contributed by atoms with E-state index in [1.807, 2.05) is 36.4 Å². The molecule has 0 bridgehead atoms. The van der Waals surface area contributed by atoms with Gasteiger partial charge in [0.2, 0.25) is 0 Å². The monoisotopic (exact) mass is 228 g/mol. The van der Waals surface area contributed by atoms with Gasteiger partial charge in [0.05, 0.1) is 17.6 Å². The highest BCUT2D eigenvalue weighted by molar-refractivity contribution is 5.37. The molecule has 4 heteroatoms. The van der Waals surface area contributed by atoms with Crippen molar-refractivity contribution in [1.29, 1.82) is 0 Å². The lowest BCUT2D eigenvalue weighted by molar-refractivity contribution is 0.775. The molecule has 0 saturated heterocycles. The smallest absolute Gasteiger partial charge is 0.0873 e. The summed E-state index contributed by atoms with van der Waals surface area (Å²) in [6.07, 6.45) is 8.29. The highest BCUT2D eigenvalue weighted by atomic mass is 15.3. The summed E-state index contributed by atoms with van der Waals surface area (Å²) in [4.78, 5) is 4.19. The molecule has 1 aliphatic rings. The molecule has 1 N–H and O–H groups in total. The Labute approximate surface area is 101 Å². The first kappa shape index (κ1) is 10.5. The highest BCUT2D eigenvalue weighted by Gasteiger charge is 2.26. The molecular weight excluding hydrogens is 212 g/mol. The van der Waals surface area contributed by atoms with Crippen molar-refractivity contribution < 1.29 is 0 Å². The van der Waals surface area contributed by atoms with Crippen LogP contribution in [-0.4, -0.2) is 21.8 Å². The van der Waals surface area contributed by atoms with Crippen molar-refractivity contribution in [3.05, 3.63) is 42.0 Å². The largest absolute Gasteiger partial charge is 0.316 e. The summed E-state index contributed by atoms with van der Waals surface area (Å²) in [6.45, 7) is 0.830. The van der Waals surface area contributed by atoms with Crippen LogP contribution < -0.4 is 5.32 Å². The van der Waals surface area contributed by atoms with Crippen molar-refractivity contribution in [1.82, 2.24) is 20.1 Å². The van der Waals surface area contributed by atoms with Crippen LogP contribution in [0.4, 0.5) is 0 Å². The molecule has 0 atom stereocenters. The van der Waals surface area contributed by atoms with Crippen LogP contribution in [0.1, 0.15) is 30.0 Å². The maximum absolute atomic E-state index is 4.63. The van der Waals surface area contributed by atoms with Gasteiger partial charge in [-0.1, -0.05) is 0 Å². The molecule has 2 heterocycles.